The van der Waals surface area contributed by atoms with Crippen LogP contribution in [0.15, 0.2) is 24.3 Å². The van der Waals surface area contributed by atoms with Crippen LogP contribution < -0.4 is 0 Å². The van der Waals surface area contributed by atoms with E-state index in [1.807, 2.05) is 0 Å². The van der Waals surface area contributed by atoms with E-state index < -0.39 is 10.2 Å². The molecule has 2 aliphatic heterocycles. The predicted octanol–water partition coefficient (Wildman–Crippen LogP) is 2.32. The summed E-state index contributed by atoms with van der Waals surface area (Å²) in [6.45, 7) is 1.51. The number of methoxy groups -OCH3 is 1. The fourth-order valence-corrected chi connectivity index (χ4v) is 5.36. The summed E-state index contributed by atoms with van der Waals surface area (Å²) in [6.07, 6.45) is 3.21. The Morgan fingerprint density at radius 1 is 1.09 bits per heavy atom. The molecule has 3 rings (SSSR count). The van der Waals surface area contributed by atoms with Gasteiger partial charge in [0, 0.05) is 26.7 Å². The van der Waals surface area contributed by atoms with Gasteiger partial charge in [0.05, 0.1) is 12.1 Å². The summed E-state index contributed by atoms with van der Waals surface area (Å²) in [6, 6.07) is 5.96. The first-order valence-corrected chi connectivity index (χ1v) is 9.47. The minimum atomic E-state index is -3.48. The van der Waals surface area contributed by atoms with E-state index in [2.05, 4.69) is 0 Å². The van der Waals surface area contributed by atoms with Crippen LogP contribution in [-0.2, 0) is 14.9 Å². The Morgan fingerprint density at radius 2 is 1.74 bits per heavy atom. The third-order valence-corrected chi connectivity index (χ3v) is 6.86. The molecule has 0 unspecified atom stereocenters. The molecule has 5 nitrogen and oxygen atoms in total. The van der Waals surface area contributed by atoms with Crippen molar-refractivity contribution in [3.63, 3.8) is 0 Å². The maximum absolute atomic E-state index is 13.1. The SMILES string of the molecule is COC1CCN(S(=O)(=O)N2CCC[C@@H]2c2ccc(F)cc2)CC1. The van der Waals surface area contributed by atoms with Gasteiger partial charge in [0.15, 0.2) is 0 Å². The first kappa shape index (κ1) is 16.8. The van der Waals surface area contributed by atoms with Crippen LogP contribution in [0.5, 0.6) is 0 Å². The lowest BCUT2D eigenvalue weighted by Gasteiger charge is -2.35. The molecule has 0 amide bonds. The molecule has 0 saturated carbocycles. The predicted molar refractivity (Wildman–Crippen MR) is 85.6 cm³/mol. The van der Waals surface area contributed by atoms with Gasteiger partial charge in [0.1, 0.15) is 5.82 Å². The Morgan fingerprint density at radius 3 is 2.35 bits per heavy atom. The molecule has 23 heavy (non-hydrogen) atoms. The van der Waals surface area contributed by atoms with Crippen LogP contribution in [0.1, 0.15) is 37.3 Å². The molecule has 2 heterocycles. The first-order valence-electron chi connectivity index (χ1n) is 8.07. The van der Waals surface area contributed by atoms with Crippen LogP contribution in [0.4, 0.5) is 4.39 Å². The molecule has 0 radical (unpaired) electrons. The summed E-state index contributed by atoms with van der Waals surface area (Å²) in [5.41, 5.74) is 0.860. The van der Waals surface area contributed by atoms with E-state index in [1.165, 1.54) is 12.1 Å². The van der Waals surface area contributed by atoms with Crippen molar-refractivity contribution < 1.29 is 17.5 Å². The van der Waals surface area contributed by atoms with Crippen molar-refractivity contribution in [3.8, 4) is 0 Å². The number of hydrogen-bond acceptors (Lipinski definition) is 3. The van der Waals surface area contributed by atoms with Crippen molar-refractivity contribution >= 4 is 10.2 Å². The summed E-state index contributed by atoms with van der Waals surface area (Å²) in [4.78, 5) is 0. The molecular formula is C16H23FN2O3S. The molecule has 1 aromatic rings. The monoisotopic (exact) mass is 342 g/mol. The highest BCUT2D eigenvalue weighted by molar-refractivity contribution is 7.86. The van der Waals surface area contributed by atoms with Gasteiger partial charge < -0.3 is 4.74 Å². The third kappa shape index (κ3) is 3.42. The van der Waals surface area contributed by atoms with Crippen molar-refractivity contribution in [1.29, 1.82) is 0 Å². The average molecular weight is 342 g/mol. The van der Waals surface area contributed by atoms with E-state index >= 15 is 0 Å². The second-order valence-electron chi connectivity index (χ2n) is 6.16. The number of hydrogen-bond donors (Lipinski definition) is 0. The molecule has 1 atom stereocenters. The van der Waals surface area contributed by atoms with Gasteiger partial charge >= 0.3 is 0 Å². The fourth-order valence-electron chi connectivity index (χ4n) is 3.48. The summed E-state index contributed by atoms with van der Waals surface area (Å²) in [5.74, 6) is -0.303. The number of benzene rings is 1. The van der Waals surface area contributed by atoms with Gasteiger partial charge in [-0.05, 0) is 43.4 Å². The Hall–Kier alpha value is -1.02. The standard InChI is InChI=1S/C16H23FN2O3S/c1-22-15-8-11-18(12-9-15)23(20,21)19-10-2-3-16(19)13-4-6-14(17)7-5-13/h4-7,15-16H,2-3,8-12H2,1H3/t16-/m1/s1. The van der Waals surface area contributed by atoms with Gasteiger partial charge in [-0.15, -0.1) is 0 Å². The minimum absolute atomic E-state index is 0.146. The fraction of sp³-hybridized carbons (Fsp3) is 0.625. The van der Waals surface area contributed by atoms with E-state index in [4.69, 9.17) is 4.74 Å². The average Bonchev–Trinajstić information content (AvgIpc) is 3.06. The quantitative estimate of drug-likeness (QED) is 0.844. The number of ether oxygens (including phenoxy) is 1. The maximum atomic E-state index is 13.1. The highest BCUT2D eigenvalue weighted by atomic mass is 32.2. The molecule has 2 aliphatic rings. The third-order valence-electron chi connectivity index (χ3n) is 4.82. The first-order chi connectivity index (χ1) is 11.0. The number of halogens is 1. The lowest BCUT2D eigenvalue weighted by molar-refractivity contribution is 0.0590. The largest absolute Gasteiger partial charge is 0.381 e. The van der Waals surface area contributed by atoms with Crippen molar-refractivity contribution in [2.45, 2.75) is 37.8 Å². The number of nitrogens with zero attached hydrogens (tertiary/aromatic N) is 2. The highest BCUT2D eigenvalue weighted by Gasteiger charge is 2.40. The smallest absolute Gasteiger partial charge is 0.282 e. The zero-order valence-corrected chi connectivity index (χ0v) is 14.1. The molecule has 0 spiro atoms. The van der Waals surface area contributed by atoms with Crippen LogP contribution in [0.25, 0.3) is 0 Å². The molecule has 0 bridgehead atoms. The van der Waals surface area contributed by atoms with Gasteiger partial charge in [-0.2, -0.15) is 17.0 Å². The Kier molecular flexibility index (Phi) is 5.01. The van der Waals surface area contributed by atoms with Gasteiger partial charge in [-0.25, -0.2) is 4.39 Å². The summed E-state index contributed by atoms with van der Waals surface area (Å²) in [5, 5.41) is 0. The van der Waals surface area contributed by atoms with Crippen LogP contribution in [0, 0.1) is 5.82 Å². The molecule has 128 valence electrons. The van der Waals surface area contributed by atoms with Crippen molar-refractivity contribution in [2.24, 2.45) is 0 Å². The van der Waals surface area contributed by atoms with Crippen molar-refractivity contribution in [3.05, 3.63) is 35.6 Å². The maximum Gasteiger partial charge on any atom is 0.282 e. The van der Waals surface area contributed by atoms with Gasteiger partial charge in [0.2, 0.25) is 0 Å². The van der Waals surface area contributed by atoms with Crippen LogP contribution in [-0.4, -0.2) is 49.9 Å². The van der Waals surface area contributed by atoms with Crippen LogP contribution >= 0.6 is 0 Å². The molecule has 2 saturated heterocycles. The van der Waals surface area contributed by atoms with E-state index in [1.54, 1.807) is 27.9 Å². The molecular weight excluding hydrogens is 319 g/mol. The molecule has 0 aromatic heterocycles. The molecule has 2 fully saturated rings. The molecule has 1 aromatic carbocycles. The Labute approximate surface area is 137 Å². The van der Waals surface area contributed by atoms with Crippen molar-refractivity contribution in [2.75, 3.05) is 26.7 Å². The van der Waals surface area contributed by atoms with Gasteiger partial charge in [0.25, 0.3) is 10.2 Å². The van der Waals surface area contributed by atoms with Gasteiger partial charge in [-0.3, -0.25) is 0 Å². The molecule has 7 heteroatoms. The van der Waals surface area contributed by atoms with Crippen molar-refractivity contribution in [1.82, 2.24) is 8.61 Å². The molecule has 0 N–H and O–H groups in total. The summed E-state index contributed by atoms with van der Waals surface area (Å²) < 4.78 is 47.5. The number of rotatable bonds is 4. The molecule has 0 aliphatic carbocycles. The minimum Gasteiger partial charge on any atom is -0.381 e. The van der Waals surface area contributed by atoms with Crippen LogP contribution in [0.2, 0.25) is 0 Å². The van der Waals surface area contributed by atoms with E-state index in [0.29, 0.717) is 19.6 Å². The van der Waals surface area contributed by atoms with Gasteiger partial charge in [-0.1, -0.05) is 12.1 Å². The highest BCUT2D eigenvalue weighted by Crippen LogP contribution is 2.36. The summed E-state index contributed by atoms with van der Waals surface area (Å²) in [7, 11) is -1.82. The Bertz CT molecular complexity index is 627. The normalized spacial score (nSPS) is 25.0. The second kappa shape index (κ2) is 6.84. The lowest BCUT2D eigenvalue weighted by atomic mass is 10.1. The second-order valence-corrected chi connectivity index (χ2v) is 8.04. The topological polar surface area (TPSA) is 49.9 Å². The van der Waals surface area contributed by atoms with E-state index in [9.17, 15) is 12.8 Å². The zero-order valence-electron chi connectivity index (χ0n) is 13.3. The van der Waals surface area contributed by atoms with E-state index in [-0.39, 0.29) is 18.0 Å². The zero-order chi connectivity index (χ0) is 16.4. The summed E-state index contributed by atoms with van der Waals surface area (Å²) >= 11 is 0. The number of piperidine rings is 1. The Balaban J connectivity index is 1.77. The van der Waals surface area contributed by atoms with Crippen LogP contribution in [0.3, 0.4) is 0 Å². The van der Waals surface area contributed by atoms with E-state index in [0.717, 1.165) is 31.2 Å². The lowest BCUT2D eigenvalue weighted by Crippen LogP contribution is -2.47.